The van der Waals surface area contributed by atoms with E-state index in [2.05, 4.69) is 0 Å². The molecule has 0 saturated carbocycles. The normalized spacial score (nSPS) is 26.6. The molecule has 0 aliphatic carbocycles. The standard InChI is InChI=1S/C16H22N2O3S/c1-4-7-17-14-9-22(20,21)10-15(14)18(16(17)19)13-8-11(2)5-6-12(13)3/h5-6,8,14-15H,4,7,9-10H2,1-3H3/t14-,15+/m0/s1. The molecule has 3 rings (SSSR count). The molecule has 6 heteroatoms. The largest absolute Gasteiger partial charge is 0.325 e. The van der Waals surface area contributed by atoms with Crippen LogP contribution in [-0.2, 0) is 9.84 Å². The van der Waals surface area contributed by atoms with Crippen LogP contribution < -0.4 is 4.90 Å². The van der Waals surface area contributed by atoms with Gasteiger partial charge in [0, 0.05) is 12.2 Å². The van der Waals surface area contributed by atoms with Crippen LogP contribution in [0.4, 0.5) is 10.5 Å². The zero-order chi connectivity index (χ0) is 16.1. The molecule has 1 aromatic rings. The minimum Gasteiger partial charge on any atom is -0.318 e. The Morgan fingerprint density at radius 1 is 1.18 bits per heavy atom. The number of urea groups is 1. The predicted octanol–water partition coefficient (Wildman–Crippen LogP) is 2.12. The summed E-state index contributed by atoms with van der Waals surface area (Å²) in [5, 5.41) is 0. The van der Waals surface area contributed by atoms with Crippen LogP contribution in [0.15, 0.2) is 18.2 Å². The number of nitrogens with zero attached hydrogens (tertiary/aromatic N) is 2. The number of sulfone groups is 1. The molecule has 120 valence electrons. The molecule has 0 spiro atoms. The minimum atomic E-state index is -3.08. The van der Waals surface area contributed by atoms with Gasteiger partial charge in [-0.3, -0.25) is 4.90 Å². The molecule has 1 aromatic carbocycles. The second kappa shape index (κ2) is 5.26. The summed E-state index contributed by atoms with van der Waals surface area (Å²) in [5.41, 5.74) is 2.91. The topological polar surface area (TPSA) is 57.7 Å². The number of amides is 2. The van der Waals surface area contributed by atoms with Gasteiger partial charge >= 0.3 is 6.03 Å². The SMILES string of the molecule is CCCN1C(=O)N(c2cc(C)ccc2C)[C@@H]2CS(=O)(=O)C[C@@H]21. The van der Waals surface area contributed by atoms with Crippen molar-refractivity contribution in [2.75, 3.05) is 23.0 Å². The van der Waals surface area contributed by atoms with Crippen LogP contribution in [0.25, 0.3) is 0 Å². The van der Waals surface area contributed by atoms with E-state index in [0.717, 1.165) is 23.2 Å². The Hall–Kier alpha value is -1.56. The van der Waals surface area contributed by atoms with Crippen LogP contribution in [0.3, 0.4) is 0 Å². The highest BCUT2D eigenvalue weighted by atomic mass is 32.2. The number of rotatable bonds is 3. The Morgan fingerprint density at radius 3 is 2.55 bits per heavy atom. The van der Waals surface area contributed by atoms with Crippen molar-refractivity contribution in [2.45, 2.75) is 39.3 Å². The molecule has 2 heterocycles. The van der Waals surface area contributed by atoms with E-state index < -0.39 is 9.84 Å². The van der Waals surface area contributed by atoms with Gasteiger partial charge < -0.3 is 4.90 Å². The Bertz CT molecular complexity index is 714. The molecule has 0 bridgehead atoms. The van der Waals surface area contributed by atoms with Crippen molar-refractivity contribution in [2.24, 2.45) is 0 Å². The average Bonchev–Trinajstić information content (AvgIpc) is 2.86. The van der Waals surface area contributed by atoms with Gasteiger partial charge in [0.05, 0.1) is 23.6 Å². The maximum atomic E-state index is 12.8. The summed E-state index contributed by atoms with van der Waals surface area (Å²) in [6.07, 6.45) is 0.829. The summed E-state index contributed by atoms with van der Waals surface area (Å²) < 4.78 is 24.1. The Morgan fingerprint density at radius 2 is 1.86 bits per heavy atom. The molecule has 2 fully saturated rings. The third-order valence-corrected chi connectivity index (χ3v) is 6.26. The number of anilines is 1. The first-order valence-corrected chi connectivity index (χ1v) is 9.53. The third-order valence-electron chi connectivity index (χ3n) is 4.57. The fourth-order valence-electron chi connectivity index (χ4n) is 3.54. The van der Waals surface area contributed by atoms with Gasteiger partial charge in [-0.1, -0.05) is 19.1 Å². The summed E-state index contributed by atoms with van der Waals surface area (Å²) >= 11 is 0. The van der Waals surface area contributed by atoms with E-state index in [-0.39, 0.29) is 29.6 Å². The summed E-state index contributed by atoms with van der Waals surface area (Å²) in [6.45, 7) is 6.56. The quantitative estimate of drug-likeness (QED) is 0.801. The molecule has 0 radical (unpaired) electrons. The summed E-state index contributed by atoms with van der Waals surface area (Å²) in [7, 11) is -3.08. The van der Waals surface area contributed by atoms with Gasteiger partial charge in [-0.05, 0) is 37.5 Å². The van der Waals surface area contributed by atoms with Crippen molar-refractivity contribution in [3.8, 4) is 0 Å². The zero-order valence-corrected chi connectivity index (χ0v) is 14.1. The van der Waals surface area contributed by atoms with Gasteiger partial charge in [0.2, 0.25) is 0 Å². The van der Waals surface area contributed by atoms with Gasteiger partial charge in [-0.15, -0.1) is 0 Å². The molecule has 2 saturated heterocycles. The fourth-order valence-corrected chi connectivity index (χ4v) is 5.49. The monoisotopic (exact) mass is 322 g/mol. The highest BCUT2D eigenvalue weighted by Gasteiger charge is 2.53. The Kier molecular flexibility index (Phi) is 3.67. The van der Waals surface area contributed by atoms with Crippen molar-refractivity contribution in [1.29, 1.82) is 0 Å². The molecule has 0 aromatic heterocycles. The van der Waals surface area contributed by atoms with Crippen molar-refractivity contribution in [3.05, 3.63) is 29.3 Å². The lowest BCUT2D eigenvalue weighted by Gasteiger charge is -2.24. The first-order valence-electron chi connectivity index (χ1n) is 7.71. The lowest BCUT2D eigenvalue weighted by atomic mass is 10.1. The van der Waals surface area contributed by atoms with E-state index in [4.69, 9.17) is 0 Å². The maximum Gasteiger partial charge on any atom is 0.325 e. The molecule has 0 N–H and O–H groups in total. The molecule has 2 amide bonds. The van der Waals surface area contributed by atoms with E-state index in [9.17, 15) is 13.2 Å². The number of hydrogen-bond donors (Lipinski definition) is 0. The fraction of sp³-hybridized carbons (Fsp3) is 0.562. The van der Waals surface area contributed by atoms with Gasteiger partial charge in [-0.25, -0.2) is 13.2 Å². The molecule has 2 aliphatic heterocycles. The second-order valence-electron chi connectivity index (χ2n) is 6.35. The minimum absolute atomic E-state index is 0.0551. The highest BCUT2D eigenvalue weighted by molar-refractivity contribution is 7.91. The Labute approximate surface area is 131 Å². The van der Waals surface area contributed by atoms with E-state index in [0.29, 0.717) is 6.54 Å². The predicted molar refractivity (Wildman–Crippen MR) is 87.0 cm³/mol. The van der Waals surface area contributed by atoms with Crippen LogP contribution in [0.2, 0.25) is 0 Å². The lowest BCUT2D eigenvalue weighted by Crippen LogP contribution is -2.38. The smallest absolute Gasteiger partial charge is 0.318 e. The average molecular weight is 322 g/mol. The van der Waals surface area contributed by atoms with Crippen molar-refractivity contribution in [1.82, 2.24) is 4.90 Å². The number of carbonyl (C=O) groups is 1. The van der Waals surface area contributed by atoms with Crippen molar-refractivity contribution < 1.29 is 13.2 Å². The van der Waals surface area contributed by atoms with Crippen LogP contribution in [0.5, 0.6) is 0 Å². The Balaban J connectivity index is 2.06. The van der Waals surface area contributed by atoms with E-state index in [1.54, 1.807) is 9.80 Å². The first-order chi connectivity index (χ1) is 10.3. The molecule has 2 atom stereocenters. The van der Waals surface area contributed by atoms with Crippen molar-refractivity contribution >= 4 is 21.6 Å². The summed E-state index contributed by atoms with van der Waals surface area (Å²) in [6, 6.07) is 5.44. The number of benzene rings is 1. The van der Waals surface area contributed by atoms with Crippen LogP contribution in [0, 0.1) is 13.8 Å². The van der Waals surface area contributed by atoms with Gasteiger partial charge in [-0.2, -0.15) is 0 Å². The van der Waals surface area contributed by atoms with E-state index in [1.165, 1.54) is 0 Å². The third kappa shape index (κ3) is 2.39. The van der Waals surface area contributed by atoms with Gasteiger partial charge in [0.25, 0.3) is 0 Å². The number of hydrogen-bond acceptors (Lipinski definition) is 3. The van der Waals surface area contributed by atoms with Gasteiger partial charge in [0.1, 0.15) is 0 Å². The highest BCUT2D eigenvalue weighted by Crippen LogP contribution is 2.36. The van der Waals surface area contributed by atoms with Gasteiger partial charge in [0.15, 0.2) is 9.84 Å². The lowest BCUT2D eigenvalue weighted by molar-refractivity contribution is 0.209. The first kappa shape index (κ1) is 15.3. The van der Waals surface area contributed by atoms with E-state index >= 15 is 0 Å². The summed E-state index contributed by atoms with van der Waals surface area (Å²) in [4.78, 5) is 16.3. The number of aryl methyl sites for hydroxylation is 2. The molecular formula is C16H22N2O3S. The summed E-state index contributed by atoms with van der Waals surface area (Å²) in [5.74, 6) is 0.155. The van der Waals surface area contributed by atoms with Crippen molar-refractivity contribution in [3.63, 3.8) is 0 Å². The maximum absolute atomic E-state index is 12.8. The second-order valence-corrected chi connectivity index (χ2v) is 8.50. The molecule has 2 aliphatic rings. The molecule has 0 unspecified atom stereocenters. The number of carbonyl (C=O) groups excluding carboxylic acids is 1. The van der Waals surface area contributed by atoms with E-state index in [1.807, 2.05) is 39.0 Å². The van der Waals surface area contributed by atoms with Crippen LogP contribution >= 0.6 is 0 Å². The zero-order valence-electron chi connectivity index (χ0n) is 13.2. The molecule has 22 heavy (non-hydrogen) atoms. The number of fused-ring (bicyclic) bond motifs is 1. The molecule has 5 nitrogen and oxygen atoms in total. The van der Waals surface area contributed by atoms with Crippen LogP contribution in [0.1, 0.15) is 24.5 Å². The van der Waals surface area contributed by atoms with Crippen LogP contribution in [-0.4, -0.2) is 49.5 Å². The molecular weight excluding hydrogens is 300 g/mol.